The Balaban J connectivity index is 2.06. The molecule has 0 radical (unpaired) electrons. The molecular weight excluding hydrogens is 416 g/mol. The summed E-state index contributed by atoms with van der Waals surface area (Å²) in [6, 6.07) is 16.2. The number of benzene rings is 2. The molecule has 2 rings (SSSR count). The quantitative estimate of drug-likeness (QED) is 0.565. The third kappa shape index (κ3) is 7.10. The normalized spacial score (nSPS) is 13.2. The van der Waals surface area contributed by atoms with Crippen molar-refractivity contribution in [2.45, 2.75) is 45.8 Å². The van der Waals surface area contributed by atoms with Gasteiger partial charge in [-0.2, -0.15) is 0 Å². The summed E-state index contributed by atoms with van der Waals surface area (Å²) in [5.74, 6) is -1.24. The molecule has 2 aromatic carbocycles. The summed E-state index contributed by atoms with van der Waals surface area (Å²) >= 11 is 0. The van der Waals surface area contributed by atoms with Crippen molar-refractivity contribution in [2.75, 3.05) is 17.1 Å². The minimum atomic E-state index is -3.72. The summed E-state index contributed by atoms with van der Waals surface area (Å²) < 4.78 is 30.7. The number of nitrogens with one attached hydrogen (secondary N) is 1. The van der Waals surface area contributed by atoms with E-state index in [4.69, 9.17) is 4.74 Å². The highest BCUT2D eigenvalue weighted by Crippen LogP contribution is 2.22. The molecule has 1 N–H and O–H groups in total. The number of rotatable bonds is 10. The third-order valence-corrected chi connectivity index (χ3v) is 5.96. The molecule has 0 saturated carbocycles. The molecule has 2 unspecified atom stereocenters. The lowest BCUT2D eigenvalue weighted by molar-refractivity contribution is -0.153. The van der Waals surface area contributed by atoms with E-state index in [2.05, 4.69) is 5.32 Å². The molecule has 2 atom stereocenters. The predicted octanol–water partition coefficient (Wildman–Crippen LogP) is 3.35. The SMILES string of the molecule is CCCC(NC(=O)C(C)OC(=O)CN(c1ccccc1C)S(C)(=O)=O)c1ccccc1. The lowest BCUT2D eigenvalue weighted by atomic mass is 10.0. The summed E-state index contributed by atoms with van der Waals surface area (Å²) in [5, 5.41) is 2.92. The Kier molecular flexibility index (Phi) is 8.62. The van der Waals surface area contributed by atoms with Crippen LogP contribution in [0.4, 0.5) is 5.69 Å². The number of hydrogen-bond donors (Lipinski definition) is 1. The van der Waals surface area contributed by atoms with Gasteiger partial charge in [-0.15, -0.1) is 0 Å². The fourth-order valence-corrected chi connectivity index (χ4v) is 4.12. The molecule has 0 heterocycles. The second-order valence-corrected chi connectivity index (χ2v) is 9.36. The van der Waals surface area contributed by atoms with Crippen LogP contribution in [0.1, 0.15) is 43.9 Å². The fraction of sp³-hybridized carbons (Fsp3) is 0.391. The molecule has 0 saturated heterocycles. The van der Waals surface area contributed by atoms with Crippen molar-refractivity contribution >= 4 is 27.6 Å². The van der Waals surface area contributed by atoms with Gasteiger partial charge in [0.15, 0.2) is 6.10 Å². The smallest absolute Gasteiger partial charge is 0.327 e. The Morgan fingerprint density at radius 2 is 1.68 bits per heavy atom. The van der Waals surface area contributed by atoms with Crippen LogP contribution < -0.4 is 9.62 Å². The molecule has 0 fully saturated rings. The number of ether oxygens (including phenoxy) is 1. The molecule has 0 aliphatic heterocycles. The predicted molar refractivity (Wildman–Crippen MR) is 121 cm³/mol. The van der Waals surface area contributed by atoms with E-state index in [-0.39, 0.29) is 6.04 Å². The number of amides is 1. The Hall–Kier alpha value is -2.87. The largest absolute Gasteiger partial charge is 0.451 e. The molecule has 1 amide bonds. The van der Waals surface area contributed by atoms with Gasteiger partial charge in [0.25, 0.3) is 5.91 Å². The van der Waals surface area contributed by atoms with E-state index in [0.29, 0.717) is 11.3 Å². The molecular formula is C23H30N2O5S. The Bertz CT molecular complexity index is 992. The van der Waals surface area contributed by atoms with E-state index in [1.54, 1.807) is 31.2 Å². The Morgan fingerprint density at radius 3 is 2.26 bits per heavy atom. The molecule has 0 aliphatic rings. The van der Waals surface area contributed by atoms with E-state index >= 15 is 0 Å². The van der Waals surface area contributed by atoms with Crippen molar-refractivity contribution < 1.29 is 22.7 Å². The van der Waals surface area contributed by atoms with E-state index in [1.807, 2.05) is 37.3 Å². The van der Waals surface area contributed by atoms with E-state index in [1.165, 1.54) is 6.92 Å². The minimum absolute atomic E-state index is 0.195. The van der Waals surface area contributed by atoms with Gasteiger partial charge in [-0.25, -0.2) is 8.42 Å². The van der Waals surface area contributed by atoms with Crippen LogP contribution in [0.25, 0.3) is 0 Å². The van der Waals surface area contributed by atoms with Crippen molar-refractivity contribution in [3.63, 3.8) is 0 Å². The first-order chi connectivity index (χ1) is 14.6. The first-order valence-electron chi connectivity index (χ1n) is 10.2. The molecule has 2 aromatic rings. The van der Waals surface area contributed by atoms with Crippen LogP contribution in [0, 0.1) is 6.92 Å². The van der Waals surface area contributed by atoms with E-state index in [9.17, 15) is 18.0 Å². The van der Waals surface area contributed by atoms with Gasteiger partial charge < -0.3 is 10.1 Å². The molecule has 0 spiro atoms. The molecule has 31 heavy (non-hydrogen) atoms. The highest BCUT2D eigenvalue weighted by Gasteiger charge is 2.26. The van der Waals surface area contributed by atoms with Crippen molar-refractivity contribution in [3.05, 3.63) is 65.7 Å². The summed E-state index contributed by atoms with van der Waals surface area (Å²) in [4.78, 5) is 25.1. The summed E-state index contributed by atoms with van der Waals surface area (Å²) in [5.41, 5.74) is 2.07. The summed E-state index contributed by atoms with van der Waals surface area (Å²) in [7, 11) is -3.72. The van der Waals surface area contributed by atoms with Gasteiger partial charge in [0.05, 0.1) is 18.0 Å². The number of sulfonamides is 1. The number of hydrogen-bond acceptors (Lipinski definition) is 5. The first kappa shape index (κ1) is 24.4. The zero-order valence-electron chi connectivity index (χ0n) is 18.4. The van der Waals surface area contributed by atoms with Crippen LogP contribution in [0.2, 0.25) is 0 Å². The minimum Gasteiger partial charge on any atom is -0.451 e. The first-order valence-corrected chi connectivity index (χ1v) is 12.1. The average Bonchev–Trinajstić information content (AvgIpc) is 2.72. The van der Waals surface area contributed by atoms with Gasteiger partial charge in [-0.3, -0.25) is 13.9 Å². The number of carbonyl (C=O) groups is 2. The second-order valence-electron chi connectivity index (χ2n) is 7.45. The Morgan fingerprint density at radius 1 is 1.06 bits per heavy atom. The molecule has 0 aromatic heterocycles. The van der Waals surface area contributed by atoms with E-state index in [0.717, 1.165) is 29.0 Å². The van der Waals surface area contributed by atoms with Crippen LogP contribution in [0.5, 0.6) is 0 Å². The van der Waals surface area contributed by atoms with Gasteiger partial charge in [-0.05, 0) is 37.5 Å². The number of anilines is 1. The molecule has 0 aliphatic carbocycles. The van der Waals surface area contributed by atoms with Gasteiger partial charge >= 0.3 is 5.97 Å². The van der Waals surface area contributed by atoms with Crippen LogP contribution in [0.15, 0.2) is 54.6 Å². The maximum absolute atomic E-state index is 12.6. The van der Waals surface area contributed by atoms with Gasteiger partial charge in [0.1, 0.15) is 6.54 Å². The van der Waals surface area contributed by atoms with Crippen molar-refractivity contribution in [1.29, 1.82) is 0 Å². The van der Waals surface area contributed by atoms with Crippen LogP contribution in [-0.2, 0) is 24.3 Å². The number of esters is 1. The molecule has 0 bridgehead atoms. The third-order valence-electron chi connectivity index (χ3n) is 4.83. The average molecular weight is 447 g/mol. The van der Waals surface area contributed by atoms with Gasteiger partial charge in [0, 0.05) is 0 Å². The van der Waals surface area contributed by atoms with Gasteiger partial charge in [0.2, 0.25) is 10.0 Å². The van der Waals surface area contributed by atoms with Crippen molar-refractivity contribution in [3.8, 4) is 0 Å². The van der Waals surface area contributed by atoms with E-state index < -0.39 is 34.5 Å². The summed E-state index contributed by atoms with van der Waals surface area (Å²) in [6.45, 7) is 4.74. The van der Waals surface area contributed by atoms with Crippen molar-refractivity contribution in [2.24, 2.45) is 0 Å². The standard InChI is InChI=1S/C23H30N2O5S/c1-5-11-20(19-13-7-6-8-14-19)24-23(27)18(3)30-22(26)16-25(31(4,28)29)21-15-10-9-12-17(21)2/h6-10,12-15,18,20H,5,11,16H2,1-4H3,(H,24,27). The monoisotopic (exact) mass is 446 g/mol. The highest BCUT2D eigenvalue weighted by molar-refractivity contribution is 7.92. The number of para-hydroxylation sites is 1. The number of nitrogens with zero attached hydrogens (tertiary/aromatic N) is 1. The topological polar surface area (TPSA) is 92.8 Å². The van der Waals surface area contributed by atoms with Crippen LogP contribution in [-0.4, -0.2) is 39.2 Å². The highest BCUT2D eigenvalue weighted by atomic mass is 32.2. The van der Waals surface area contributed by atoms with Crippen LogP contribution >= 0.6 is 0 Å². The lowest BCUT2D eigenvalue weighted by Crippen LogP contribution is -2.41. The fourth-order valence-electron chi connectivity index (χ4n) is 3.21. The zero-order valence-corrected chi connectivity index (χ0v) is 19.2. The second kappa shape index (κ2) is 10.9. The molecule has 168 valence electrons. The number of aryl methyl sites for hydroxylation is 1. The molecule has 7 nitrogen and oxygen atoms in total. The lowest BCUT2D eigenvalue weighted by Gasteiger charge is -2.25. The van der Waals surface area contributed by atoms with Gasteiger partial charge in [-0.1, -0.05) is 61.9 Å². The number of carbonyl (C=O) groups excluding carboxylic acids is 2. The maximum atomic E-state index is 12.6. The maximum Gasteiger partial charge on any atom is 0.327 e. The summed E-state index contributed by atoms with van der Waals surface area (Å²) in [6.07, 6.45) is 1.58. The Labute approximate surface area is 184 Å². The zero-order chi connectivity index (χ0) is 23.0. The molecule has 8 heteroatoms. The van der Waals surface area contributed by atoms with Crippen molar-refractivity contribution in [1.82, 2.24) is 5.32 Å². The van der Waals surface area contributed by atoms with Crippen LogP contribution in [0.3, 0.4) is 0 Å².